The quantitative estimate of drug-likeness (QED) is 0.334. The number of anilines is 2. The highest BCUT2D eigenvalue weighted by Gasteiger charge is 2.28. The number of hydrogen-bond acceptors (Lipinski definition) is 8. The van der Waals surface area contributed by atoms with Crippen molar-refractivity contribution in [3.63, 3.8) is 0 Å². The Bertz CT molecular complexity index is 1300. The number of ether oxygens (including phenoxy) is 3. The molecule has 2 heterocycles. The number of nitrogens with one attached hydrogen (secondary N) is 1. The molecule has 2 N–H and O–H groups in total. The first-order chi connectivity index (χ1) is 19.2. The number of carboxylic acid groups (broad SMARTS) is 1. The fourth-order valence-electron chi connectivity index (χ4n) is 4.21. The summed E-state index contributed by atoms with van der Waals surface area (Å²) < 4.78 is 17.6. The number of carbonyl (C=O) groups excluding carboxylic acids is 1. The molecular weight excluding hydrogens is 512 g/mol. The molecule has 1 aliphatic rings. The van der Waals surface area contributed by atoms with Crippen molar-refractivity contribution in [1.82, 2.24) is 9.97 Å². The Morgan fingerprint density at radius 2 is 1.82 bits per heavy atom. The molecule has 0 saturated carbocycles. The lowest BCUT2D eigenvalue weighted by molar-refractivity contribution is -0.148. The molecule has 1 unspecified atom stereocenters. The summed E-state index contributed by atoms with van der Waals surface area (Å²) in [6.07, 6.45) is 5.19. The lowest BCUT2D eigenvalue weighted by atomic mass is 9.95. The maximum Gasteiger partial charge on any atom is 0.312 e. The maximum absolute atomic E-state index is 12.7. The summed E-state index contributed by atoms with van der Waals surface area (Å²) in [5.41, 5.74) is -0.208. The molecule has 3 aromatic rings. The Kier molecular flexibility index (Phi) is 9.42. The van der Waals surface area contributed by atoms with Crippen molar-refractivity contribution in [3.8, 4) is 17.2 Å². The van der Waals surface area contributed by atoms with Crippen molar-refractivity contribution in [2.24, 2.45) is 5.41 Å². The van der Waals surface area contributed by atoms with Gasteiger partial charge in [-0.05, 0) is 63.4 Å². The number of aliphatic carboxylic acids is 1. The zero-order chi connectivity index (χ0) is 28.5. The largest absolute Gasteiger partial charge is 0.492 e. The molecule has 1 saturated heterocycles. The van der Waals surface area contributed by atoms with Gasteiger partial charge in [-0.3, -0.25) is 14.6 Å². The van der Waals surface area contributed by atoms with Gasteiger partial charge in [0.25, 0.3) is 0 Å². The monoisotopic (exact) mass is 548 g/mol. The Labute approximate surface area is 234 Å². The van der Waals surface area contributed by atoms with E-state index >= 15 is 0 Å². The fourth-order valence-corrected chi connectivity index (χ4v) is 4.21. The number of carbonyl (C=O) groups is 2. The molecule has 1 aliphatic heterocycles. The van der Waals surface area contributed by atoms with Crippen LogP contribution in [0.4, 0.5) is 11.6 Å². The summed E-state index contributed by atoms with van der Waals surface area (Å²) in [5, 5.41) is 12.1. The standard InChI is InChI=1S/C30H36N4O6/c1-4-38-24-9-5-6-10-25(24)40-23-8-7-15-34(19-23)27-18-31-17-26(32-27)33-28(35)16-21-11-13-22(14-12-21)39-20-30(2,3)29(36)37/h5-6,9-14,17-18,23H,4,7-8,15-16,19-20H2,1-3H3,(H,36,37)(H,32,33,35). The van der Waals surface area contributed by atoms with Gasteiger partial charge in [-0.1, -0.05) is 24.3 Å². The minimum Gasteiger partial charge on any atom is -0.492 e. The third-order valence-corrected chi connectivity index (χ3v) is 6.50. The average Bonchev–Trinajstić information content (AvgIpc) is 2.94. The average molecular weight is 549 g/mol. The Morgan fingerprint density at radius 3 is 2.55 bits per heavy atom. The van der Waals surface area contributed by atoms with Gasteiger partial charge in [0.1, 0.15) is 24.3 Å². The van der Waals surface area contributed by atoms with Crippen LogP contribution in [0.5, 0.6) is 17.2 Å². The van der Waals surface area contributed by atoms with E-state index in [1.54, 1.807) is 44.3 Å². The smallest absolute Gasteiger partial charge is 0.312 e. The molecule has 1 atom stereocenters. The molecule has 0 radical (unpaired) electrons. The van der Waals surface area contributed by atoms with E-state index in [2.05, 4.69) is 20.2 Å². The lowest BCUT2D eigenvalue weighted by Crippen LogP contribution is -2.41. The zero-order valence-corrected chi connectivity index (χ0v) is 23.1. The van der Waals surface area contributed by atoms with E-state index in [4.69, 9.17) is 14.2 Å². The van der Waals surface area contributed by atoms with Crippen LogP contribution in [0, 0.1) is 5.41 Å². The van der Waals surface area contributed by atoms with Gasteiger partial charge in [-0.25, -0.2) is 4.98 Å². The van der Waals surface area contributed by atoms with Crippen molar-refractivity contribution in [2.75, 3.05) is 36.5 Å². The summed E-state index contributed by atoms with van der Waals surface area (Å²) in [7, 11) is 0. The van der Waals surface area contributed by atoms with Gasteiger partial charge >= 0.3 is 5.97 Å². The maximum atomic E-state index is 12.7. The molecule has 0 aliphatic carbocycles. The van der Waals surface area contributed by atoms with Crippen molar-refractivity contribution in [1.29, 1.82) is 0 Å². The van der Waals surface area contributed by atoms with E-state index in [-0.39, 0.29) is 25.0 Å². The number of benzene rings is 2. The first kappa shape index (κ1) is 28.7. The minimum absolute atomic E-state index is 0.0300. The minimum atomic E-state index is -0.995. The molecule has 10 nitrogen and oxygen atoms in total. The molecule has 0 bridgehead atoms. The number of carboxylic acids is 1. The Balaban J connectivity index is 1.31. The van der Waals surface area contributed by atoms with E-state index < -0.39 is 11.4 Å². The van der Waals surface area contributed by atoms with Gasteiger partial charge in [0.15, 0.2) is 17.3 Å². The molecule has 1 aromatic heterocycles. The molecule has 212 valence electrons. The molecule has 40 heavy (non-hydrogen) atoms. The molecule has 0 spiro atoms. The molecule has 1 amide bonds. The lowest BCUT2D eigenvalue weighted by Gasteiger charge is -2.33. The fraction of sp³-hybridized carbons (Fsp3) is 0.400. The third-order valence-electron chi connectivity index (χ3n) is 6.50. The molecular formula is C30H36N4O6. The highest BCUT2D eigenvalue weighted by Crippen LogP contribution is 2.30. The second kappa shape index (κ2) is 13.1. The van der Waals surface area contributed by atoms with Gasteiger partial charge < -0.3 is 29.5 Å². The van der Waals surface area contributed by atoms with Crippen LogP contribution in [-0.2, 0) is 16.0 Å². The van der Waals surface area contributed by atoms with E-state index in [0.717, 1.165) is 36.4 Å². The topological polar surface area (TPSA) is 123 Å². The van der Waals surface area contributed by atoms with Crippen LogP contribution in [0.25, 0.3) is 0 Å². The summed E-state index contributed by atoms with van der Waals surface area (Å²) in [4.78, 5) is 35.0. The number of nitrogens with zero attached hydrogens (tertiary/aromatic N) is 3. The molecule has 2 aromatic carbocycles. The summed E-state index contributed by atoms with van der Waals surface area (Å²) in [6, 6.07) is 14.7. The van der Waals surface area contributed by atoms with Crippen molar-refractivity contribution in [3.05, 3.63) is 66.5 Å². The van der Waals surface area contributed by atoms with Crippen LogP contribution >= 0.6 is 0 Å². The molecule has 10 heteroatoms. The number of aromatic nitrogens is 2. The van der Waals surface area contributed by atoms with E-state index in [0.29, 0.717) is 30.5 Å². The van der Waals surface area contributed by atoms with Gasteiger partial charge in [0.2, 0.25) is 5.91 Å². The number of hydrogen-bond donors (Lipinski definition) is 2. The third kappa shape index (κ3) is 7.84. The van der Waals surface area contributed by atoms with E-state index in [1.807, 2.05) is 31.2 Å². The van der Waals surface area contributed by atoms with Gasteiger partial charge in [-0.15, -0.1) is 0 Å². The van der Waals surface area contributed by atoms with Crippen LogP contribution in [0.2, 0.25) is 0 Å². The Morgan fingerprint density at radius 1 is 1.07 bits per heavy atom. The summed E-state index contributed by atoms with van der Waals surface area (Å²) >= 11 is 0. The van der Waals surface area contributed by atoms with Crippen LogP contribution in [-0.4, -0.2) is 59.4 Å². The number of piperidine rings is 1. The van der Waals surface area contributed by atoms with Gasteiger partial charge in [0, 0.05) is 6.54 Å². The van der Waals surface area contributed by atoms with Gasteiger partial charge in [0.05, 0.1) is 37.4 Å². The van der Waals surface area contributed by atoms with E-state index in [1.165, 1.54) is 6.20 Å². The first-order valence-electron chi connectivity index (χ1n) is 13.4. The summed E-state index contributed by atoms with van der Waals surface area (Å²) in [6.45, 7) is 7.22. The second-order valence-electron chi connectivity index (χ2n) is 10.3. The van der Waals surface area contributed by atoms with Crippen molar-refractivity contribution >= 4 is 23.5 Å². The van der Waals surface area contributed by atoms with Gasteiger partial charge in [-0.2, -0.15) is 0 Å². The van der Waals surface area contributed by atoms with Crippen molar-refractivity contribution in [2.45, 2.75) is 46.1 Å². The second-order valence-corrected chi connectivity index (χ2v) is 10.3. The van der Waals surface area contributed by atoms with Crippen molar-refractivity contribution < 1.29 is 28.9 Å². The highest BCUT2D eigenvalue weighted by molar-refractivity contribution is 5.91. The SMILES string of the molecule is CCOc1ccccc1OC1CCCN(c2cncc(NC(=O)Cc3ccc(OCC(C)(C)C(=O)O)cc3)n2)C1. The van der Waals surface area contributed by atoms with E-state index in [9.17, 15) is 14.7 Å². The predicted octanol–water partition coefficient (Wildman–Crippen LogP) is 4.59. The predicted molar refractivity (Wildman–Crippen MR) is 151 cm³/mol. The molecule has 4 rings (SSSR count). The Hall–Kier alpha value is -4.34. The molecule has 1 fully saturated rings. The number of amides is 1. The number of para-hydroxylation sites is 2. The summed E-state index contributed by atoms with van der Waals surface area (Å²) in [5.74, 6) is 1.91. The normalized spacial score (nSPS) is 15.3. The zero-order valence-electron chi connectivity index (χ0n) is 23.1. The highest BCUT2D eigenvalue weighted by atomic mass is 16.5. The van der Waals surface area contributed by atoms with Crippen LogP contribution < -0.4 is 24.4 Å². The van der Waals surface area contributed by atoms with Crippen LogP contribution in [0.15, 0.2) is 60.9 Å². The van der Waals surface area contributed by atoms with Crippen LogP contribution in [0.1, 0.15) is 39.2 Å². The van der Waals surface area contributed by atoms with Crippen LogP contribution in [0.3, 0.4) is 0 Å². The number of rotatable bonds is 12. The first-order valence-corrected chi connectivity index (χ1v) is 13.4.